The van der Waals surface area contributed by atoms with Crippen molar-refractivity contribution in [1.82, 2.24) is 0 Å². The second-order valence-electron chi connectivity index (χ2n) is 4.86. The van der Waals surface area contributed by atoms with Gasteiger partial charge in [-0.1, -0.05) is 12.1 Å². The van der Waals surface area contributed by atoms with Crippen molar-refractivity contribution in [1.29, 1.82) is 0 Å². The van der Waals surface area contributed by atoms with Crippen LogP contribution in [0.5, 0.6) is 11.5 Å². The molecule has 0 atom stereocenters. The minimum atomic E-state index is -1.24. The van der Waals surface area contributed by atoms with Crippen LogP contribution in [0.2, 0.25) is 0 Å². The van der Waals surface area contributed by atoms with Crippen molar-refractivity contribution < 1.29 is 19.4 Å². The van der Waals surface area contributed by atoms with Crippen LogP contribution in [0.4, 0.5) is 5.69 Å². The second-order valence-corrected chi connectivity index (χ2v) is 4.86. The fourth-order valence-electron chi connectivity index (χ4n) is 1.86. The molecule has 2 aromatic carbocycles. The zero-order valence-corrected chi connectivity index (χ0v) is 12.2. The van der Waals surface area contributed by atoms with Gasteiger partial charge in [0.15, 0.2) is 0 Å². The predicted octanol–water partition coefficient (Wildman–Crippen LogP) is 2.26. The van der Waals surface area contributed by atoms with Crippen molar-refractivity contribution >= 4 is 17.6 Å². The number of anilines is 1. The van der Waals surface area contributed by atoms with Gasteiger partial charge in [-0.2, -0.15) is 0 Å². The summed E-state index contributed by atoms with van der Waals surface area (Å²) in [6, 6.07) is 14.5. The van der Waals surface area contributed by atoms with Gasteiger partial charge in [0, 0.05) is 18.1 Å². The zero-order chi connectivity index (χ0) is 15.9. The van der Waals surface area contributed by atoms with E-state index in [1.54, 1.807) is 24.3 Å². The Balaban J connectivity index is 1.92. The Kier molecular flexibility index (Phi) is 5.14. The zero-order valence-electron chi connectivity index (χ0n) is 12.2. The summed E-state index contributed by atoms with van der Waals surface area (Å²) >= 11 is 0. The number of ether oxygens (including phenoxy) is 1. The molecule has 22 heavy (non-hydrogen) atoms. The molecule has 0 unspecified atom stereocenters. The van der Waals surface area contributed by atoms with Crippen LogP contribution in [0.25, 0.3) is 0 Å². The number of aryl methyl sites for hydroxylation is 1. The molecule has 0 aliphatic carbocycles. The Labute approximate surface area is 128 Å². The van der Waals surface area contributed by atoms with Gasteiger partial charge < -0.3 is 20.0 Å². The van der Waals surface area contributed by atoms with E-state index in [0.29, 0.717) is 11.4 Å². The van der Waals surface area contributed by atoms with Crippen LogP contribution in [-0.4, -0.2) is 11.9 Å². The maximum Gasteiger partial charge on any atom is 0.224 e. The van der Waals surface area contributed by atoms with E-state index in [4.69, 9.17) is 4.74 Å². The van der Waals surface area contributed by atoms with Gasteiger partial charge >= 0.3 is 0 Å². The van der Waals surface area contributed by atoms with Crippen molar-refractivity contribution in [2.45, 2.75) is 19.8 Å². The van der Waals surface area contributed by atoms with E-state index in [2.05, 4.69) is 5.32 Å². The van der Waals surface area contributed by atoms with E-state index in [0.717, 1.165) is 11.3 Å². The third kappa shape index (κ3) is 4.94. The van der Waals surface area contributed by atoms with Crippen LogP contribution < -0.4 is 15.2 Å². The normalized spacial score (nSPS) is 10.0. The molecule has 114 valence electrons. The fourth-order valence-corrected chi connectivity index (χ4v) is 1.86. The Morgan fingerprint density at radius 1 is 1.05 bits per heavy atom. The molecular formula is C17H16NO4-. The third-order valence-corrected chi connectivity index (χ3v) is 2.92. The number of hydrogen-bond acceptors (Lipinski definition) is 4. The molecule has 1 N–H and O–H groups in total. The van der Waals surface area contributed by atoms with Crippen molar-refractivity contribution in [2.75, 3.05) is 5.32 Å². The van der Waals surface area contributed by atoms with Crippen LogP contribution in [0, 0.1) is 6.92 Å². The molecule has 1 amide bonds. The maximum atomic E-state index is 11.5. The summed E-state index contributed by atoms with van der Waals surface area (Å²) in [5, 5.41) is 12.9. The fraction of sp³-hybridized carbons (Fsp3) is 0.176. The molecular weight excluding hydrogens is 282 g/mol. The van der Waals surface area contributed by atoms with Gasteiger partial charge in [-0.25, -0.2) is 0 Å². The lowest BCUT2D eigenvalue weighted by Crippen LogP contribution is -2.24. The van der Waals surface area contributed by atoms with Gasteiger partial charge in [0.1, 0.15) is 11.5 Å². The molecule has 0 bridgehead atoms. The minimum Gasteiger partial charge on any atom is -0.550 e. The Hall–Kier alpha value is -2.82. The highest BCUT2D eigenvalue weighted by Gasteiger charge is 2.03. The summed E-state index contributed by atoms with van der Waals surface area (Å²) in [4.78, 5) is 21.8. The van der Waals surface area contributed by atoms with Gasteiger partial charge in [-0.3, -0.25) is 4.79 Å². The molecule has 0 aliphatic rings. The third-order valence-electron chi connectivity index (χ3n) is 2.92. The maximum absolute atomic E-state index is 11.5. The minimum absolute atomic E-state index is 0.107. The monoisotopic (exact) mass is 298 g/mol. The summed E-state index contributed by atoms with van der Waals surface area (Å²) in [5.41, 5.74) is 1.69. The number of carbonyl (C=O) groups is 2. The highest BCUT2D eigenvalue weighted by Crippen LogP contribution is 2.23. The number of amides is 1. The molecule has 2 aromatic rings. The first-order chi connectivity index (χ1) is 10.5. The van der Waals surface area contributed by atoms with Gasteiger partial charge in [-0.05, 0) is 55.3 Å². The van der Waals surface area contributed by atoms with E-state index < -0.39 is 5.97 Å². The standard InChI is InChI=1S/C17H17NO4/c1-12-3-2-4-15(11-12)22-14-7-5-13(6-8-14)18-16(19)9-10-17(20)21/h2-8,11H,9-10H2,1H3,(H,18,19)(H,20,21)/p-1. The van der Waals surface area contributed by atoms with E-state index in [1.807, 2.05) is 31.2 Å². The number of carboxylic acid groups (broad SMARTS) is 1. The SMILES string of the molecule is Cc1cccc(Oc2ccc(NC(=O)CCC(=O)[O-])cc2)c1. The lowest BCUT2D eigenvalue weighted by Gasteiger charge is -2.09. The van der Waals surface area contributed by atoms with E-state index in [9.17, 15) is 14.7 Å². The first-order valence-electron chi connectivity index (χ1n) is 6.87. The lowest BCUT2D eigenvalue weighted by molar-refractivity contribution is -0.305. The Morgan fingerprint density at radius 2 is 1.77 bits per heavy atom. The first kappa shape index (κ1) is 15.6. The number of carbonyl (C=O) groups excluding carboxylic acids is 2. The van der Waals surface area contributed by atoms with Gasteiger partial charge in [0.2, 0.25) is 5.91 Å². The van der Waals surface area contributed by atoms with Crippen molar-refractivity contribution in [3.63, 3.8) is 0 Å². The van der Waals surface area contributed by atoms with Gasteiger partial charge in [0.25, 0.3) is 0 Å². The summed E-state index contributed by atoms with van der Waals surface area (Å²) in [5.74, 6) is -0.210. The molecule has 2 rings (SSSR count). The van der Waals surface area contributed by atoms with E-state index >= 15 is 0 Å². The average Bonchev–Trinajstić information content (AvgIpc) is 2.47. The number of rotatable bonds is 6. The molecule has 5 heteroatoms. The number of nitrogens with one attached hydrogen (secondary N) is 1. The summed E-state index contributed by atoms with van der Waals surface area (Å²) in [6.07, 6.45) is -0.399. The molecule has 0 saturated heterocycles. The molecule has 0 saturated carbocycles. The largest absolute Gasteiger partial charge is 0.550 e. The molecule has 0 spiro atoms. The van der Waals surface area contributed by atoms with Crippen molar-refractivity contribution in [2.24, 2.45) is 0 Å². The molecule has 0 aliphatic heterocycles. The molecule has 0 aromatic heterocycles. The molecule has 0 heterocycles. The predicted molar refractivity (Wildman–Crippen MR) is 80.6 cm³/mol. The first-order valence-corrected chi connectivity index (χ1v) is 6.87. The Bertz CT molecular complexity index is 665. The topological polar surface area (TPSA) is 78.5 Å². The second kappa shape index (κ2) is 7.26. The highest BCUT2D eigenvalue weighted by molar-refractivity contribution is 5.92. The van der Waals surface area contributed by atoms with E-state index in [-0.39, 0.29) is 18.7 Å². The summed E-state index contributed by atoms with van der Waals surface area (Å²) in [7, 11) is 0. The highest BCUT2D eigenvalue weighted by atomic mass is 16.5. The van der Waals surface area contributed by atoms with Crippen LogP contribution in [-0.2, 0) is 9.59 Å². The quantitative estimate of drug-likeness (QED) is 0.887. The van der Waals surface area contributed by atoms with Crippen LogP contribution in [0.3, 0.4) is 0 Å². The van der Waals surface area contributed by atoms with Crippen LogP contribution >= 0.6 is 0 Å². The Morgan fingerprint density at radius 3 is 2.41 bits per heavy atom. The van der Waals surface area contributed by atoms with E-state index in [1.165, 1.54) is 0 Å². The van der Waals surface area contributed by atoms with Gasteiger partial charge in [0.05, 0.1) is 0 Å². The number of aliphatic carboxylic acids is 1. The van der Waals surface area contributed by atoms with Gasteiger partial charge in [-0.15, -0.1) is 0 Å². The molecule has 0 fully saturated rings. The van der Waals surface area contributed by atoms with Crippen molar-refractivity contribution in [3.8, 4) is 11.5 Å². The van der Waals surface area contributed by atoms with Crippen molar-refractivity contribution in [3.05, 3.63) is 54.1 Å². The number of benzene rings is 2. The number of carboxylic acids is 1. The summed E-state index contributed by atoms with van der Waals surface area (Å²) < 4.78 is 5.70. The molecule has 0 radical (unpaired) electrons. The number of hydrogen-bond donors (Lipinski definition) is 1. The lowest BCUT2D eigenvalue weighted by atomic mass is 10.2. The summed E-state index contributed by atoms with van der Waals surface area (Å²) in [6.45, 7) is 1.98. The van der Waals surface area contributed by atoms with Crippen LogP contribution in [0.1, 0.15) is 18.4 Å². The smallest absolute Gasteiger partial charge is 0.224 e. The molecule has 5 nitrogen and oxygen atoms in total. The van der Waals surface area contributed by atoms with Crippen LogP contribution in [0.15, 0.2) is 48.5 Å². The average molecular weight is 298 g/mol.